The Morgan fingerprint density at radius 1 is 1.03 bits per heavy atom. The van der Waals surface area contributed by atoms with E-state index in [0.717, 1.165) is 37.9 Å². The van der Waals surface area contributed by atoms with Crippen molar-refractivity contribution in [1.82, 2.24) is 4.90 Å². The third-order valence-corrected chi connectivity index (χ3v) is 6.97. The van der Waals surface area contributed by atoms with Crippen molar-refractivity contribution in [2.45, 2.75) is 56.3 Å². The van der Waals surface area contributed by atoms with Crippen molar-refractivity contribution in [2.75, 3.05) is 30.3 Å². The van der Waals surface area contributed by atoms with E-state index in [1.807, 2.05) is 11.0 Å². The molecule has 2 aromatic rings. The van der Waals surface area contributed by atoms with Gasteiger partial charge in [-0.3, -0.25) is 4.79 Å². The summed E-state index contributed by atoms with van der Waals surface area (Å²) in [7, 11) is 0. The van der Waals surface area contributed by atoms with E-state index in [2.05, 4.69) is 10.6 Å². The van der Waals surface area contributed by atoms with Crippen LogP contribution in [0.15, 0.2) is 42.5 Å². The molecule has 0 unspecified atom stereocenters. The van der Waals surface area contributed by atoms with Crippen molar-refractivity contribution >= 4 is 23.3 Å². The number of benzene rings is 2. The standard InChI is InChI=1S/C26H30FN3O5/c27-16-4-6-17(7-5-16)28-26(33)29-18-8-9-22-20(12-18)21-13-19(34-23(15-31)25(21)35-22)14-24(32)30-10-2-1-3-11-30/h4-9,12,19,21,23,25,31H,1-3,10-11,13-15H2,(H2,28,29,33)/t19-,21+,23-,25-/m1/s1. The Labute approximate surface area is 203 Å². The molecule has 2 fully saturated rings. The number of amides is 3. The second kappa shape index (κ2) is 10.2. The highest BCUT2D eigenvalue weighted by Crippen LogP contribution is 2.47. The van der Waals surface area contributed by atoms with Crippen molar-refractivity contribution in [3.05, 3.63) is 53.8 Å². The van der Waals surface area contributed by atoms with Crippen LogP contribution in [0.2, 0.25) is 0 Å². The molecule has 3 heterocycles. The number of ether oxygens (including phenoxy) is 2. The average Bonchev–Trinajstić information content (AvgIpc) is 3.23. The smallest absolute Gasteiger partial charge is 0.323 e. The summed E-state index contributed by atoms with van der Waals surface area (Å²) in [6, 6.07) is 10.5. The third-order valence-electron chi connectivity index (χ3n) is 6.97. The summed E-state index contributed by atoms with van der Waals surface area (Å²) in [6.07, 6.45) is 2.92. The molecule has 8 nitrogen and oxygen atoms in total. The number of aliphatic hydroxyl groups excluding tert-OH is 1. The zero-order chi connectivity index (χ0) is 24.4. The largest absolute Gasteiger partial charge is 0.487 e. The Bertz CT molecular complexity index is 1070. The number of likely N-dealkylation sites (tertiary alicyclic amines) is 1. The van der Waals surface area contributed by atoms with Crippen molar-refractivity contribution in [1.29, 1.82) is 0 Å². The first-order valence-electron chi connectivity index (χ1n) is 12.2. The van der Waals surface area contributed by atoms with Gasteiger partial charge in [-0.15, -0.1) is 0 Å². The number of nitrogens with zero attached hydrogens (tertiary/aromatic N) is 1. The van der Waals surface area contributed by atoms with Crippen LogP contribution in [0, 0.1) is 5.82 Å². The topological polar surface area (TPSA) is 100 Å². The summed E-state index contributed by atoms with van der Waals surface area (Å²) in [5.74, 6) is 0.348. The van der Waals surface area contributed by atoms with E-state index in [4.69, 9.17) is 9.47 Å². The van der Waals surface area contributed by atoms with Gasteiger partial charge >= 0.3 is 6.03 Å². The molecule has 0 spiro atoms. The fourth-order valence-corrected chi connectivity index (χ4v) is 5.26. The number of hydrogen-bond acceptors (Lipinski definition) is 5. The molecule has 0 bridgehead atoms. The lowest BCUT2D eigenvalue weighted by Gasteiger charge is -2.38. The van der Waals surface area contributed by atoms with Crippen LogP contribution in [0.3, 0.4) is 0 Å². The molecule has 2 aromatic carbocycles. The molecular formula is C26H30FN3O5. The molecular weight excluding hydrogens is 453 g/mol. The maximum atomic E-state index is 13.1. The Morgan fingerprint density at radius 2 is 1.74 bits per heavy atom. The van der Waals surface area contributed by atoms with Crippen molar-refractivity contribution in [3.63, 3.8) is 0 Å². The molecule has 3 aliphatic heterocycles. The molecule has 3 aliphatic rings. The number of hydrogen-bond donors (Lipinski definition) is 3. The first-order valence-corrected chi connectivity index (χ1v) is 12.2. The summed E-state index contributed by atoms with van der Waals surface area (Å²) in [6.45, 7) is 1.39. The molecule has 186 valence electrons. The van der Waals surface area contributed by atoms with E-state index < -0.39 is 12.1 Å². The van der Waals surface area contributed by atoms with Gasteiger partial charge in [0.1, 0.15) is 23.8 Å². The second-order valence-corrected chi connectivity index (χ2v) is 9.39. The second-order valence-electron chi connectivity index (χ2n) is 9.39. The summed E-state index contributed by atoms with van der Waals surface area (Å²) < 4.78 is 25.3. The summed E-state index contributed by atoms with van der Waals surface area (Å²) in [5, 5.41) is 15.4. The van der Waals surface area contributed by atoms with Gasteiger partial charge in [-0.25, -0.2) is 9.18 Å². The molecule has 5 rings (SSSR count). The molecule has 9 heteroatoms. The molecule has 3 amide bonds. The lowest BCUT2D eigenvalue weighted by molar-refractivity contribution is -0.149. The Kier molecular flexibility index (Phi) is 6.88. The van der Waals surface area contributed by atoms with E-state index in [9.17, 15) is 19.1 Å². The summed E-state index contributed by atoms with van der Waals surface area (Å²) >= 11 is 0. The van der Waals surface area contributed by atoms with Gasteiger partial charge < -0.3 is 30.1 Å². The number of rotatable bonds is 5. The maximum absolute atomic E-state index is 13.1. The zero-order valence-corrected chi connectivity index (χ0v) is 19.4. The normalized spacial score (nSPS) is 25.3. The fraction of sp³-hybridized carbons (Fsp3) is 0.462. The average molecular weight is 484 g/mol. The molecule has 0 saturated carbocycles. The molecule has 4 atom stereocenters. The van der Waals surface area contributed by atoms with Crippen LogP contribution in [0.1, 0.15) is 43.6 Å². The molecule has 2 saturated heterocycles. The summed E-state index contributed by atoms with van der Waals surface area (Å²) in [5.41, 5.74) is 1.98. The lowest BCUT2D eigenvalue weighted by atomic mass is 9.84. The van der Waals surface area contributed by atoms with Crippen LogP contribution in [0.4, 0.5) is 20.6 Å². The third kappa shape index (κ3) is 5.26. The highest BCUT2D eigenvalue weighted by molar-refractivity contribution is 5.99. The monoisotopic (exact) mass is 483 g/mol. The van der Waals surface area contributed by atoms with E-state index in [0.29, 0.717) is 23.5 Å². The quantitative estimate of drug-likeness (QED) is 0.600. The van der Waals surface area contributed by atoms with Gasteiger partial charge in [0.15, 0.2) is 0 Å². The Morgan fingerprint density at radius 3 is 2.49 bits per heavy atom. The van der Waals surface area contributed by atoms with Crippen LogP contribution in [-0.4, -0.2) is 60.0 Å². The number of aliphatic hydroxyl groups is 1. The number of nitrogens with one attached hydrogen (secondary N) is 2. The molecule has 0 aliphatic carbocycles. The zero-order valence-electron chi connectivity index (χ0n) is 19.4. The van der Waals surface area contributed by atoms with Gasteiger partial charge in [-0.1, -0.05) is 0 Å². The predicted molar refractivity (Wildman–Crippen MR) is 128 cm³/mol. The van der Waals surface area contributed by atoms with Crippen LogP contribution < -0.4 is 15.4 Å². The fourth-order valence-electron chi connectivity index (χ4n) is 5.26. The number of fused-ring (bicyclic) bond motifs is 3. The van der Waals surface area contributed by atoms with Gasteiger partial charge in [0.05, 0.1) is 19.1 Å². The van der Waals surface area contributed by atoms with Crippen molar-refractivity contribution < 1.29 is 28.6 Å². The van der Waals surface area contributed by atoms with Crippen LogP contribution >= 0.6 is 0 Å². The van der Waals surface area contributed by atoms with Gasteiger partial charge in [0.2, 0.25) is 5.91 Å². The Balaban J connectivity index is 1.27. The van der Waals surface area contributed by atoms with Gasteiger partial charge in [0, 0.05) is 35.9 Å². The SMILES string of the molecule is O=C(Nc1ccc(F)cc1)Nc1ccc2c(c1)[C@@H]1C[C@H](CC(=O)N3CCCCC3)O[C@H](CO)[C@@H]1O2. The number of anilines is 2. The van der Waals surface area contributed by atoms with E-state index in [1.54, 1.807) is 12.1 Å². The van der Waals surface area contributed by atoms with Gasteiger partial charge in [-0.05, 0) is 68.1 Å². The maximum Gasteiger partial charge on any atom is 0.323 e. The molecule has 0 radical (unpaired) electrons. The van der Waals surface area contributed by atoms with E-state index in [-0.39, 0.29) is 42.9 Å². The number of piperidine rings is 1. The first-order chi connectivity index (χ1) is 17.0. The van der Waals surface area contributed by atoms with Crippen molar-refractivity contribution in [2.24, 2.45) is 0 Å². The van der Waals surface area contributed by atoms with Gasteiger partial charge in [0.25, 0.3) is 0 Å². The number of carbonyl (C=O) groups excluding carboxylic acids is 2. The van der Waals surface area contributed by atoms with Crippen LogP contribution in [-0.2, 0) is 9.53 Å². The van der Waals surface area contributed by atoms with E-state index in [1.165, 1.54) is 24.3 Å². The summed E-state index contributed by atoms with van der Waals surface area (Å²) in [4.78, 5) is 27.2. The number of urea groups is 1. The first kappa shape index (κ1) is 23.6. The minimum Gasteiger partial charge on any atom is -0.487 e. The van der Waals surface area contributed by atoms with E-state index >= 15 is 0 Å². The van der Waals surface area contributed by atoms with Crippen LogP contribution in [0.25, 0.3) is 0 Å². The lowest BCUT2D eigenvalue weighted by Crippen LogP contribution is -2.48. The minimum absolute atomic E-state index is 0.0584. The molecule has 35 heavy (non-hydrogen) atoms. The minimum atomic E-state index is -0.529. The highest BCUT2D eigenvalue weighted by Gasteiger charge is 2.46. The molecule has 0 aromatic heterocycles. The molecule has 3 N–H and O–H groups in total. The highest BCUT2D eigenvalue weighted by atomic mass is 19.1. The predicted octanol–water partition coefficient (Wildman–Crippen LogP) is 3.87. The van der Waals surface area contributed by atoms with Crippen molar-refractivity contribution in [3.8, 4) is 5.75 Å². The van der Waals surface area contributed by atoms with Gasteiger partial charge in [-0.2, -0.15) is 0 Å². The number of carbonyl (C=O) groups is 2. The Hall–Kier alpha value is -3.17. The number of halogens is 1. The van der Waals surface area contributed by atoms with Crippen LogP contribution in [0.5, 0.6) is 5.75 Å².